The number of benzene rings is 1. The zero-order valence-electron chi connectivity index (χ0n) is 9.84. The maximum atomic E-state index is 2.69. The van der Waals surface area contributed by atoms with Crippen LogP contribution >= 0.6 is 0 Å². The summed E-state index contributed by atoms with van der Waals surface area (Å²) in [5, 5.41) is 0. The molecule has 5 atom stereocenters. The molecule has 16 heavy (non-hydrogen) atoms. The van der Waals surface area contributed by atoms with Gasteiger partial charge in [-0.1, -0.05) is 18.2 Å². The van der Waals surface area contributed by atoms with Crippen LogP contribution in [-0.4, -0.2) is 12.1 Å². The average molecular weight is 213 g/mol. The van der Waals surface area contributed by atoms with E-state index in [2.05, 4.69) is 42.2 Å². The van der Waals surface area contributed by atoms with Gasteiger partial charge in [0, 0.05) is 23.7 Å². The lowest BCUT2D eigenvalue weighted by Crippen LogP contribution is -2.65. The Labute approximate surface area is 97.5 Å². The number of hydrogen-bond acceptors (Lipinski definition) is 1. The third-order valence-electron chi connectivity index (χ3n) is 5.31. The van der Waals surface area contributed by atoms with E-state index in [4.69, 9.17) is 0 Å². The number of nitrogens with zero attached hydrogens (tertiary/aromatic N) is 1. The molecule has 1 aromatic carbocycles. The SMILES string of the molecule is C[C@@H]1[C@H]2[C@@H]3CC[C@@H](C3)[C@H]2N1c1ccccc1. The molecule has 1 aliphatic heterocycles. The topological polar surface area (TPSA) is 3.24 Å². The molecule has 0 aromatic heterocycles. The predicted molar refractivity (Wildman–Crippen MR) is 66.5 cm³/mol. The standard InChI is InChI=1S/C15H19N/c1-10-14-11-7-8-12(9-11)15(14)16(10)13-5-3-2-4-6-13/h2-6,10-12,14-15H,7-9H2,1H3/t10-,11-,12+,14+,15-/m1/s1. The lowest BCUT2D eigenvalue weighted by molar-refractivity contribution is 0.143. The molecule has 4 rings (SSSR count). The van der Waals surface area contributed by atoms with Crippen LogP contribution in [0.3, 0.4) is 0 Å². The minimum Gasteiger partial charge on any atom is -0.365 e. The summed E-state index contributed by atoms with van der Waals surface area (Å²) in [7, 11) is 0. The molecule has 0 N–H and O–H groups in total. The lowest BCUT2D eigenvalue weighted by atomic mass is 9.71. The van der Waals surface area contributed by atoms with Crippen molar-refractivity contribution in [1.29, 1.82) is 0 Å². The smallest absolute Gasteiger partial charge is 0.0371 e. The summed E-state index contributed by atoms with van der Waals surface area (Å²) in [4.78, 5) is 2.69. The van der Waals surface area contributed by atoms with Gasteiger partial charge < -0.3 is 4.90 Å². The van der Waals surface area contributed by atoms with Crippen molar-refractivity contribution in [1.82, 2.24) is 0 Å². The maximum absolute atomic E-state index is 2.69. The van der Waals surface area contributed by atoms with Crippen molar-refractivity contribution in [3.8, 4) is 0 Å². The Morgan fingerprint density at radius 1 is 1.06 bits per heavy atom. The second-order valence-electron chi connectivity index (χ2n) is 5.88. The van der Waals surface area contributed by atoms with Gasteiger partial charge in [-0.05, 0) is 50.2 Å². The summed E-state index contributed by atoms with van der Waals surface area (Å²) in [5.74, 6) is 3.08. The van der Waals surface area contributed by atoms with E-state index in [0.717, 1.165) is 29.8 Å². The Morgan fingerprint density at radius 2 is 1.81 bits per heavy atom. The largest absolute Gasteiger partial charge is 0.365 e. The Morgan fingerprint density at radius 3 is 2.62 bits per heavy atom. The Hall–Kier alpha value is -0.980. The van der Waals surface area contributed by atoms with Crippen molar-refractivity contribution in [2.45, 2.75) is 38.3 Å². The van der Waals surface area contributed by atoms with Gasteiger partial charge in [0.2, 0.25) is 0 Å². The van der Waals surface area contributed by atoms with Gasteiger partial charge in [-0.25, -0.2) is 0 Å². The van der Waals surface area contributed by atoms with E-state index < -0.39 is 0 Å². The zero-order chi connectivity index (χ0) is 10.7. The number of fused-ring (bicyclic) bond motifs is 5. The van der Waals surface area contributed by atoms with E-state index in [-0.39, 0.29) is 0 Å². The molecular formula is C15H19N. The summed E-state index contributed by atoms with van der Waals surface area (Å²) in [6, 6.07) is 12.7. The lowest BCUT2D eigenvalue weighted by Gasteiger charge is -2.57. The van der Waals surface area contributed by atoms with Gasteiger partial charge in [-0.3, -0.25) is 0 Å². The monoisotopic (exact) mass is 213 g/mol. The fraction of sp³-hybridized carbons (Fsp3) is 0.600. The first-order valence-corrected chi connectivity index (χ1v) is 6.69. The van der Waals surface area contributed by atoms with Crippen molar-refractivity contribution >= 4 is 5.69 Å². The number of rotatable bonds is 1. The van der Waals surface area contributed by atoms with Crippen LogP contribution in [0.2, 0.25) is 0 Å². The molecule has 1 heterocycles. The molecule has 2 aliphatic carbocycles. The third kappa shape index (κ3) is 0.971. The van der Waals surface area contributed by atoms with Gasteiger partial charge in [0.05, 0.1) is 0 Å². The molecule has 1 aromatic rings. The molecule has 2 saturated carbocycles. The van der Waals surface area contributed by atoms with Crippen LogP contribution in [0.1, 0.15) is 26.2 Å². The van der Waals surface area contributed by atoms with Crippen molar-refractivity contribution in [2.75, 3.05) is 4.90 Å². The van der Waals surface area contributed by atoms with Gasteiger partial charge >= 0.3 is 0 Å². The molecule has 0 amide bonds. The van der Waals surface area contributed by atoms with Crippen LogP contribution in [0.25, 0.3) is 0 Å². The van der Waals surface area contributed by atoms with Crippen LogP contribution < -0.4 is 4.90 Å². The molecule has 3 fully saturated rings. The van der Waals surface area contributed by atoms with E-state index >= 15 is 0 Å². The van der Waals surface area contributed by atoms with Crippen molar-refractivity contribution < 1.29 is 0 Å². The fourth-order valence-electron chi connectivity index (χ4n) is 4.76. The highest BCUT2D eigenvalue weighted by Gasteiger charge is 2.60. The first kappa shape index (κ1) is 9.09. The number of hydrogen-bond donors (Lipinski definition) is 0. The first-order chi connectivity index (χ1) is 7.86. The van der Waals surface area contributed by atoms with E-state index in [1.165, 1.54) is 24.9 Å². The first-order valence-electron chi connectivity index (χ1n) is 6.69. The van der Waals surface area contributed by atoms with Crippen LogP contribution in [0, 0.1) is 17.8 Å². The molecule has 0 radical (unpaired) electrons. The minimum absolute atomic E-state index is 0.780. The average Bonchev–Trinajstić information content (AvgIpc) is 2.87. The fourth-order valence-corrected chi connectivity index (χ4v) is 4.76. The predicted octanol–water partition coefficient (Wildman–Crippen LogP) is 3.31. The van der Waals surface area contributed by atoms with Crippen LogP contribution in [0.15, 0.2) is 30.3 Å². The number of para-hydroxylation sites is 1. The molecule has 1 nitrogen and oxygen atoms in total. The summed E-state index contributed by atoms with van der Waals surface area (Å²) in [5.41, 5.74) is 1.45. The summed E-state index contributed by atoms with van der Waals surface area (Å²) >= 11 is 0. The molecule has 1 heteroatoms. The van der Waals surface area contributed by atoms with Gasteiger partial charge in [0.25, 0.3) is 0 Å². The van der Waals surface area contributed by atoms with Crippen LogP contribution in [0.4, 0.5) is 5.69 Å². The second kappa shape index (κ2) is 3.03. The summed E-state index contributed by atoms with van der Waals surface area (Å²) < 4.78 is 0. The minimum atomic E-state index is 0.780. The van der Waals surface area contributed by atoms with Crippen molar-refractivity contribution in [3.05, 3.63) is 30.3 Å². The van der Waals surface area contributed by atoms with Crippen molar-refractivity contribution in [3.63, 3.8) is 0 Å². The van der Waals surface area contributed by atoms with E-state index in [0.29, 0.717) is 0 Å². The van der Waals surface area contributed by atoms with Gasteiger partial charge in [-0.15, -0.1) is 0 Å². The second-order valence-corrected chi connectivity index (χ2v) is 5.88. The Balaban J connectivity index is 1.68. The van der Waals surface area contributed by atoms with Gasteiger partial charge in [-0.2, -0.15) is 0 Å². The van der Waals surface area contributed by atoms with E-state index in [9.17, 15) is 0 Å². The van der Waals surface area contributed by atoms with Gasteiger partial charge in [0.1, 0.15) is 0 Å². The van der Waals surface area contributed by atoms with Gasteiger partial charge in [0.15, 0.2) is 0 Å². The third-order valence-corrected chi connectivity index (χ3v) is 5.31. The molecule has 3 aliphatic rings. The van der Waals surface area contributed by atoms with Crippen LogP contribution in [-0.2, 0) is 0 Å². The van der Waals surface area contributed by atoms with Crippen molar-refractivity contribution in [2.24, 2.45) is 17.8 Å². The quantitative estimate of drug-likeness (QED) is 0.692. The molecule has 0 unspecified atom stereocenters. The zero-order valence-corrected chi connectivity index (χ0v) is 9.84. The highest BCUT2D eigenvalue weighted by molar-refractivity contribution is 5.53. The van der Waals surface area contributed by atoms with E-state index in [1.54, 1.807) is 0 Å². The Kier molecular flexibility index (Phi) is 1.72. The maximum Gasteiger partial charge on any atom is 0.0371 e. The van der Waals surface area contributed by atoms with E-state index in [1.807, 2.05) is 0 Å². The Bertz CT molecular complexity index is 399. The van der Waals surface area contributed by atoms with Crippen LogP contribution in [0.5, 0.6) is 0 Å². The molecule has 2 bridgehead atoms. The normalized spacial score (nSPS) is 44.3. The highest BCUT2D eigenvalue weighted by Crippen LogP contribution is 2.59. The molecule has 1 saturated heterocycles. The summed E-state index contributed by atoms with van der Waals surface area (Å²) in [6.07, 6.45) is 4.52. The molecule has 84 valence electrons. The highest BCUT2D eigenvalue weighted by atomic mass is 15.3. The summed E-state index contributed by atoms with van der Waals surface area (Å²) in [6.45, 7) is 2.43. The number of anilines is 1. The molecule has 0 spiro atoms. The molecular weight excluding hydrogens is 194 g/mol.